The Labute approximate surface area is 185 Å². The van der Waals surface area contributed by atoms with Crippen LogP contribution in [-0.4, -0.2) is 65.6 Å². The Hall–Kier alpha value is -3.19. The zero-order chi connectivity index (χ0) is 23.6. The van der Waals surface area contributed by atoms with E-state index in [4.69, 9.17) is 19.8 Å². The minimum Gasteiger partial charge on any atom is -0.504 e. The van der Waals surface area contributed by atoms with Crippen LogP contribution < -0.4 is 5.73 Å². The lowest BCUT2D eigenvalue weighted by molar-refractivity contribution is -0.148. The Morgan fingerprint density at radius 3 is 2.16 bits per heavy atom. The van der Waals surface area contributed by atoms with Crippen molar-refractivity contribution in [2.75, 3.05) is 12.9 Å². The van der Waals surface area contributed by atoms with E-state index in [0.29, 0.717) is 17.4 Å². The maximum Gasteiger partial charge on any atom is 0.338 e. The molecule has 0 saturated carbocycles. The predicted octanol–water partition coefficient (Wildman–Crippen LogP) is 0.436. The molecule has 0 radical (unpaired) electrons. The van der Waals surface area contributed by atoms with Crippen LogP contribution in [0.4, 0.5) is 0 Å². The number of carbonyl (C=O) groups is 2. The summed E-state index contributed by atoms with van der Waals surface area (Å²) in [7, 11) is -3.67. The highest BCUT2D eigenvalue weighted by atomic mass is 32.2. The third-order valence-electron chi connectivity index (χ3n) is 3.58. The van der Waals surface area contributed by atoms with Crippen molar-refractivity contribution in [2.24, 2.45) is 5.73 Å². The Kier molecular flexibility index (Phi) is 11.9. The summed E-state index contributed by atoms with van der Waals surface area (Å²) >= 11 is 0. The first-order valence-corrected chi connectivity index (χ1v) is 10.8. The van der Waals surface area contributed by atoms with Crippen molar-refractivity contribution in [3.8, 4) is 11.5 Å². The molecule has 7 N–H and O–H groups in total. The van der Waals surface area contributed by atoms with E-state index >= 15 is 0 Å². The summed E-state index contributed by atoms with van der Waals surface area (Å²) in [5.41, 5.74) is 6.78. The summed E-state index contributed by atoms with van der Waals surface area (Å²) in [6.07, 6.45) is 0.217. The Morgan fingerprint density at radius 2 is 1.62 bits per heavy atom. The van der Waals surface area contributed by atoms with Crippen molar-refractivity contribution in [3.05, 3.63) is 59.7 Å². The highest BCUT2D eigenvalue weighted by Gasteiger charge is 2.19. The fourth-order valence-electron chi connectivity index (χ4n) is 2.20. The molecule has 0 fully saturated rings. The zero-order valence-corrected chi connectivity index (χ0v) is 18.3. The van der Waals surface area contributed by atoms with Gasteiger partial charge in [-0.25, -0.2) is 4.79 Å². The number of carbonyl (C=O) groups excluding carboxylic acids is 2. The molecule has 0 spiro atoms. The molecule has 2 aromatic carbocycles. The number of nitrogens with two attached hydrogens (primary N) is 1. The van der Waals surface area contributed by atoms with Crippen LogP contribution in [0.5, 0.6) is 11.5 Å². The molecule has 2 atom stereocenters. The number of rotatable bonds is 7. The third kappa shape index (κ3) is 11.9. The predicted molar refractivity (Wildman–Crippen MR) is 115 cm³/mol. The minimum atomic E-state index is -3.67. The SMILES string of the molecule is CS(=O)(=O)O.C[C@H](COC(=O)[C@@H](N)Cc1ccc(O)c(O)c1)OC(=O)c1ccccc1.O. The summed E-state index contributed by atoms with van der Waals surface area (Å²) in [6.45, 7) is 1.49. The summed E-state index contributed by atoms with van der Waals surface area (Å²) in [4.78, 5) is 23.9. The summed E-state index contributed by atoms with van der Waals surface area (Å²) in [5, 5.41) is 18.7. The molecule has 0 amide bonds. The third-order valence-corrected chi connectivity index (χ3v) is 3.58. The molecule has 0 bridgehead atoms. The lowest BCUT2D eigenvalue weighted by atomic mass is 10.1. The summed E-state index contributed by atoms with van der Waals surface area (Å²) < 4.78 is 36.1. The van der Waals surface area contributed by atoms with Crippen molar-refractivity contribution >= 4 is 22.1 Å². The quantitative estimate of drug-likeness (QED) is 0.248. The first-order valence-electron chi connectivity index (χ1n) is 8.98. The molecule has 0 heterocycles. The molecular formula is C20H27NO10S. The molecule has 2 aromatic rings. The van der Waals surface area contributed by atoms with Crippen LogP contribution in [0.15, 0.2) is 48.5 Å². The van der Waals surface area contributed by atoms with Gasteiger partial charge in [-0.3, -0.25) is 9.35 Å². The van der Waals surface area contributed by atoms with Crippen LogP contribution in [-0.2, 0) is 30.8 Å². The number of hydrogen-bond acceptors (Lipinski definition) is 9. The second kappa shape index (κ2) is 13.3. The fraction of sp³-hybridized carbons (Fsp3) is 0.300. The number of phenols is 2. The molecule has 12 heteroatoms. The Bertz CT molecular complexity index is 971. The molecule has 2 rings (SSSR count). The number of ether oxygens (including phenoxy) is 2. The maximum absolute atomic E-state index is 12.0. The number of esters is 2. The van der Waals surface area contributed by atoms with Gasteiger partial charge in [-0.2, -0.15) is 8.42 Å². The van der Waals surface area contributed by atoms with Gasteiger partial charge in [-0.15, -0.1) is 0 Å². The van der Waals surface area contributed by atoms with E-state index in [9.17, 15) is 28.2 Å². The van der Waals surface area contributed by atoms with Gasteiger partial charge >= 0.3 is 11.9 Å². The van der Waals surface area contributed by atoms with E-state index in [2.05, 4.69) is 0 Å². The van der Waals surface area contributed by atoms with Gasteiger partial charge in [-0.05, 0) is 43.2 Å². The molecule has 178 valence electrons. The number of phenolic OH excluding ortho intramolecular Hbond substituents is 2. The van der Waals surface area contributed by atoms with Gasteiger partial charge in [0.1, 0.15) is 18.8 Å². The monoisotopic (exact) mass is 473 g/mol. The Morgan fingerprint density at radius 1 is 1.06 bits per heavy atom. The van der Waals surface area contributed by atoms with E-state index < -0.39 is 34.2 Å². The molecule has 11 nitrogen and oxygen atoms in total. The summed E-state index contributed by atoms with van der Waals surface area (Å²) in [5.74, 6) is -1.69. The average molecular weight is 474 g/mol. The molecule has 0 aliphatic carbocycles. The molecule has 0 unspecified atom stereocenters. The average Bonchev–Trinajstić information content (AvgIpc) is 2.68. The van der Waals surface area contributed by atoms with E-state index in [1.165, 1.54) is 12.1 Å². The minimum absolute atomic E-state index is 0. The molecule has 0 aliphatic rings. The van der Waals surface area contributed by atoms with Crippen LogP contribution in [0.25, 0.3) is 0 Å². The van der Waals surface area contributed by atoms with E-state index in [-0.39, 0.29) is 30.0 Å². The van der Waals surface area contributed by atoms with Crippen molar-refractivity contribution in [1.29, 1.82) is 0 Å². The van der Waals surface area contributed by atoms with Crippen LogP contribution >= 0.6 is 0 Å². The van der Waals surface area contributed by atoms with Crippen LogP contribution in [0.3, 0.4) is 0 Å². The summed E-state index contributed by atoms with van der Waals surface area (Å²) in [6, 6.07) is 11.7. The van der Waals surface area contributed by atoms with Crippen LogP contribution in [0, 0.1) is 0 Å². The smallest absolute Gasteiger partial charge is 0.338 e. The molecule has 0 saturated heterocycles. The molecule has 0 aliphatic heterocycles. The van der Waals surface area contributed by atoms with Gasteiger partial charge in [0, 0.05) is 0 Å². The van der Waals surface area contributed by atoms with Gasteiger partial charge in [0.05, 0.1) is 11.8 Å². The van der Waals surface area contributed by atoms with Crippen LogP contribution in [0.1, 0.15) is 22.8 Å². The first-order chi connectivity index (χ1) is 14.4. The topological polar surface area (TPSA) is 205 Å². The zero-order valence-electron chi connectivity index (χ0n) is 17.5. The van der Waals surface area contributed by atoms with Crippen molar-refractivity contribution in [3.63, 3.8) is 0 Å². The highest BCUT2D eigenvalue weighted by Crippen LogP contribution is 2.25. The van der Waals surface area contributed by atoms with E-state index in [1.807, 2.05) is 0 Å². The number of hydrogen-bond donors (Lipinski definition) is 4. The lowest BCUT2D eigenvalue weighted by Gasteiger charge is -2.16. The second-order valence-electron chi connectivity index (χ2n) is 6.58. The largest absolute Gasteiger partial charge is 0.504 e. The number of aromatic hydroxyl groups is 2. The second-order valence-corrected chi connectivity index (χ2v) is 8.04. The van der Waals surface area contributed by atoms with Gasteiger partial charge in [0.2, 0.25) is 0 Å². The van der Waals surface area contributed by atoms with Crippen LogP contribution in [0.2, 0.25) is 0 Å². The van der Waals surface area contributed by atoms with Gasteiger partial charge in [0.25, 0.3) is 10.1 Å². The van der Waals surface area contributed by atoms with Gasteiger partial charge < -0.3 is 30.9 Å². The molecule has 0 aromatic heterocycles. The highest BCUT2D eigenvalue weighted by molar-refractivity contribution is 7.85. The van der Waals surface area contributed by atoms with Crippen molar-refractivity contribution in [1.82, 2.24) is 0 Å². The standard InChI is InChI=1S/C19H21NO6.CH4O3S.H2O/c1-12(26-18(23)14-5-3-2-4-6-14)11-25-19(24)15(20)9-13-7-8-16(21)17(22)10-13;1-5(2,3)4;/h2-8,10,12,15,21-22H,9,11,20H2,1H3;1H3,(H,2,3,4);1H2/t12-,15+;;/m1../s1. The Balaban J connectivity index is 0.00000144. The maximum atomic E-state index is 12.0. The normalized spacial score (nSPS) is 12.2. The molecular weight excluding hydrogens is 446 g/mol. The fourth-order valence-corrected chi connectivity index (χ4v) is 2.20. The van der Waals surface area contributed by atoms with E-state index in [0.717, 1.165) is 0 Å². The van der Waals surface area contributed by atoms with Crippen molar-refractivity contribution < 1.29 is 47.7 Å². The van der Waals surface area contributed by atoms with Crippen molar-refractivity contribution in [2.45, 2.75) is 25.5 Å². The van der Waals surface area contributed by atoms with E-state index in [1.54, 1.807) is 43.3 Å². The first kappa shape index (κ1) is 28.8. The van der Waals surface area contributed by atoms with Gasteiger partial charge in [0.15, 0.2) is 11.5 Å². The number of benzene rings is 2. The van der Waals surface area contributed by atoms with Gasteiger partial charge in [-0.1, -0.05) is 24.3 Å². The lowest BCUT2D eigenvalue weighted by Crippen LogP contribution is -2.36. The molecule has 32 heavy (non-hydrogen) atoms.